The fraction of sp³-hybridized carbons (Fsp3) is 0.444. The highest BCUT2D eigenvalue weighted by Gasteiger charge is 2.29. The van der Waals surface area contributed by atoms with Gasteiger partial charge in [0.25, 0.3) is 9.05 Å². The van der Waals surface area contributed by atoms with Crippen LogP contribution in [0.1, 0.15) is 30.5 Å². The Morgan fingerprint density at radius 2 is 2.28 bits per heavy atom. The van der Waals surface area contributed by atoms with Crippen molar-refractivity contribution in [1.29, 1.82) is 0 Å². The lowest BCUT2D eigenvalue weighted by Crippen LogP contribution is -2.02. The first kappa shape index (κ1) is 11.7. The van der Waals surface area contributed by atoms with Gasteiger partial charge in [-0.3, -0.25) is 4.68 Å². The van der Waals surface area contributed by atoms with E-state index >= 15 is 0 Å². The van der Waals surface area contributed by atoms with Crippen LogP contribution in [0.4, 0.5) is 0 Å². The van der Waals surface area contributed by atoms with E-state index in [2.05, 4.69) is 15.2 Å². The first-order chi connectivity index (χ1) is 8.52. The van der Waals surface area contributed by atoms with Gasteiger partial charge in [-0.15, -0.1) is 0 Å². The maximum absolute atomic E-state index is 11.1. The summed E-state index contributed by atoms with van der Waals surface area (Å²) in [5.41, 5.74) is 0. The smallest absolute Gasteiger partial charge is 0.264 e. The van der Waals surface area contributed by atoms with Crippen molar-refractivity contribution < 1.29 is 12.9 Å². The zero-order chi connectivity index (χ0) is 12.8. The second-order valence-electron chi connectivity index (χ2n) is 4.13. The van der Waals surface area contributed by atoms with E-state index in [1.807, 2.05) is 0 Å². The summed E-state index contributed by atoms with van der Waals surface area (Å²) >= 11 is 0. The van der Waals surface area contributed by atoms with Gasteiger partial charge >= 0.3 is 0 Å². The summed E-state index contributed by atoms with van der Waals surface area (Å²) in [6, 6.07) is 0. The second-order valence-corrected chi connectivity index (χ2v) is 6.70. The minimum Gasteiger partial charge on any atom is -0.339 e. The molecule has 2 aromatic rings. The Bertz CT molecular complexity index is 674. The molecule has 0 aromatic carbocycles. The Morgan fingerprint density at radius 3 is 2.89 bits per heavy atom. The molecule has 18 heavy (non-hydrogen) atoms. The average molecular weight is 289 g/mol. The van der Waals surface area contributed by atoms with Crippen LogP contribution in [0, 0.1) is 0 Å². The minimum atomic E-state index is -3.75. The Hall–Kier alpha value is -1.41. The molecule has 0 bridgehead atoms. The third-order valence-electron chi connectivity index (χ3n) is 2.60. The van der Waals surface area contributed by atoms with E-state index < -0.39 is 9.05 Å². The SMILES string of the molecule is O=S(=O)(Cl)c1cnn(Cc2noc(C3CC3)n2)c1. The summed E-state index contributed by atoms with van der Waals surface area (Å²) in [4.78, 5) is 4.17. The number of halogens is 1. The van der Waals surface area contributed by atoms with Crippen molar-refractivity contribution in [2.24, 2.45) is 0 Å². The molecule has 2 heterocycles. The summed E-state index contributed by atoms with van der Waals surface area (Å²) in [5, 5.41) is 7.69. The molecule has 0 radical (unpaired) electrons. The zero-order valence-electron chi connectivity index (χ0n) is 9.15. The molecule has 1 aliphatic carbocycles. The van der Waals surface area contributed by atoms with Gasteiger partial charge in [0.05, 0.1) is 6.20 Å². The molecule has 1 saturated carbocycles. The van der Waals surface area contributed by atoms with Crippen molar-refractivity contribution in [3.63, 3.8) is 0 Å². The average Bonchev–Trinajstić information content (AvgIpc) is 2.85. The molecule has 0 spiro atoms. The van der Waals surface area contributed by atoms with Crippen molar-refractivity contribution in [2.75, 3.05) is 0 Å². The standard InChI is InChI=1S/C9H9ClN4O3S/c10-18(15,16)7-3-11-14(4-7)5-8-12-9(17-13-8)6-1-2-6/h3-4,6H,1-2,5H2. The third-order valence-corrected chi connectivity index (χ3v) is 3.91. The van der Waals surface area contributed by atoms with Gasteiger partial charge in [0.2, 0.25) is 5.89 Å². The predicted molar refractivity (Wildman–Crippen MR) is 60.6 cm³/mol. The van der Waals surface area contributed by atoms with Gasteiger partial charge in [-0.1, -0.05) is 5.16 Å². The van der Waals surface area contributed by atoms with Crippen LogP contribution < -0.4 is 0 Å². The van der Waals surface area contributed by atoms with Crippen molar-refractivity contribution in [3.05, 3.63) is 24.1 Å². The molecule has 1 aliphatic rings. The summed E-state index contributed by atoms with van der Waals surface area (Å²) in [6.45, 7) is 0.253. The highest BCUT2D eigenvalue weighted by molar-refractivity contribution is 8.13. The van der Waals surface area contributed by atoms with Crippen LogP contribution in [0.25, 0.3) is 0 Å². The Morgan fingerprint density at radius 1 is 1.50 bits per heavy atom. The normalized spacial score (nSPS) is 16.1. The Labute approximate surface area is 107 Å². The Balaban J connectivity index is 1.77. The number of nitrogens with zero attached hydrogens (tertiary/aromatic N) is 4. The molecule has 0 amide bonds. The molecular formula is C9H9ClN4O3S. The first-order valence-corrected chi connectivity index (χ1v) is 7.63. The van der Waals surface area contributed by atoms with Crippen LogP contribution in [0.2, 0.25) is 0 Å². The lowest BCUT2D eigenvalue weighted by Gasteiger charge is -1.93. The monoisotopic (exact) mass is 288 g/mol. The fourth-order valence-corrected chi connectivity index (χ4v) is 2.19. The molecule has 0 aliphatic heterocycles. The Kier molecular flexibility index (Phi) is 2.63. The number of rotatable bonds is 4. The quantitative estimate of drug-likeness (QED) is 0.783. The molecule has 0 atom stereocenters. The highest BCUT2D eigenvalue weighted by atomic mass is 35.7. The lowest BCUT2D eigenvalue weighted by molar-refractivity contribution is 0.372. The molecule has 0 saturated heterocycles. The van der Waals surface area contributed by atoms with E-state index in [1.54, 1.807) is 0 Å². The molecule has 7 nitrogen and oxygen atoms in total. The van der Waals surface area contributed by atoms with Crippen LogP contribution in [0.3, 0.4) is 0 Å². The molecule has 0 unspecified atom stereocenters. The third kappa shape index (κ3) is 2.39. The molecule has 1 fully saturated rings. The topological polar surface area (TPSA) is 90.9 Å². The van der Waals surface area contributed by atoms with Gasteiger partial charge in [-0.2, -0.15) is 10.1 Å². The van der Waals surface area contributed by atoms with Crippen LogP contribution in [0.5, 0.6) is 0 Å². The van der Waals surface area contributed by atoms with Crippen LogP contribution in [-0.2, 0) is 15.6 Å². The summed E-state index contributed by atoms with van der Waals surface area (Å²) < 4.78 is 28.6. The predicted octanol–water partition coefficient (Wildman–Crippen LogP) is 1.12. The minimum absolute atomic E-state index is 0.0462. The maximum Gasteiger partial charge on any atom is 0.264 e. The molecule has 9 heteroatoms. The van der Waals surface area contributed by atoms with E-state index in [1.165, 1.54) is 17.1 Å². The van der Waals surface area contributed by atoms with Crippen molar-refractivity contribution >= 4 is 19.7 Å². The molecular weight excluding hydrogens is 280 g/mol. The van der Waals surface area contributed by atoms with Gasteiger partial charge in [-0.05, 0) is 12.8 Å². The van der Waals surface area contributed by atoms with Gasteiger partial charge in [0, 0.05) is 22.8 Å². The van der Waals surface area contributed by atoms with Crippen LogP contribution in [0.15, 0.2) is 21.8 Å². The van der Waals surface area contributed by atoms with Gasteiger partial charge in [-0.25, -0.2) is 8.42 Å². The fourth-order valence-electron chi connectivity index (χ4n) is 1.53. The van der Waals surface area contributed by atoms with Gasteiger partial charge < -0.3 is 4.52 Å². The van der Waals surface area contributed by atoms with Crippen molar-refractivity contribution in [1.82, 2.24) is 19.9 Å². The summed E-state index contributed by atoms with van der Waals surface area (Å²) in [7, 11) is 1.45. The summed E-state index contributed by atoms with van der Waals surface area (Å²) in [6.07, 6.45) is 4.68. The van der Waals surface area contributed by atoms with E-state index in [9.17, 15) is 8.42 Å². The van der Waals surface area contributed by atoms with E-state index in [-0.39, 0.29) is 11.4 Å². The molecule has 2 aromatic heterocycles. The van der Waals surface area contributed by atoms with E-state index in [0.717, 1.165) is 12.8 Å². The van der Waals surface area contributed by atoms with Crippen molar-refractivity contribution in [3.8, 4) is 0 Å². The maximum atomic E-state index is 11.1. The lowest BCUT2D eigenvalue weighted by atomic mass is 10.4. The van der Waals surface area contributed by atoms with Crippen LogP contribution in [-0.4, -0.2) is 28.3 Å². The number of hydrogen-bond donors (Lipinski definition) is 0. The largest absolute Gasteiger partial charge is 0.339 e. The zero-order valence-corrected chi connectivity index (χ0v) is 10.7. The van der Waals surface area contributed by atoms with Gasteiger partial charge in [0.1, 0.15) is 11.4 Å². The van der Waals surface area contributed by atoms with E-state index in [0.29, 0.717) is 17.6 Å². The summed E-state index contributed by atoms with van der Waals surface area (Å²) in [5.74, 6) is 1.50. The molecule has 3 rings (SSSR count). The second kappa shape index (κ2) is 4.06. The van der Waals surface area contributed by atoms with E-state index in [4.69, 9.17) is 15.2 Å². The molecule has 0 N–H and O–H groups in total. The van der Waals surface area contributed by atoms with Crippen molar-refractivity contribution in [2.45, 2.75) is 30.2 Å². The van der Waals surface area contributed by atoms with Crippen LogP contribution >= 0.6 is 10.7 Å². The van der Waals surface area contributed by atoms with Gasteiger partial charge in [0.15, 0.2) is 5.82 Å². The molecule has 96 valence electrons. The highest BCUT2D eigenvalue weighted by Crippen LogP contribution is 2.38. The number of aromatic nitrogens is 4. The number of hydrogen-bond acceptors (Lipinski definition) is 6. The first-order valence-electron chi connectivity index (χ1n) is 5.32.